The molecule has 1 aliphatic heterocycles. The summed E-state index contributed by atoms with van der Waals surface area (Å²) in [5, 5.41) is 11.6. The van der Waals surface area contributed by atoms with Crippen LogP contribution in [0.2, 0.25) is 0 Å². The Balaban J connectivity index is 1.54. The molecule has 146 valence electrons. The van der Waals surface area contributed by atoms with E-state index >= 15 is 0 Å². The highest BCUT2D eigenvalue weighted by molar-refractivity contribution is 5.60. The molecule has 1 saturated heterocycles. The van der Waals surface area contributed by atoms with Gasteiger partial charge in [0.2, 0.25) is 0 Å². The van der Waals surface area contributed by atoms with Crippen molar-refractivity contribution in [1.82, 2.24) is 20.3 Å². The van der Waals surface area contributed by atoms with Crippen LogP contribution in [0.3, 0.4) is 0 Å². The number of methoxy groups -OCH3 is 1. The molecule has 1 fully saturated rings. The molecule has 2 aromatic carbocycles. The number of hydrogen-bond donors (Lipinski definition) is 1. The molecule has 6 heteroatoms. The van der Waals surface area contributed by atoms with E-state index in [9.17, 15) is 0 Å². The Morgan fingerprint density at radius 1 is 1.11 bits per heavy atom. The van der Waals surface area contributed by atoms with Gasteiger partial charge in [0.1, 0.15) is 17.1 Å². The maximum Gasteiger partial charge on any atom is 0.119 e. The number of aromatic amines is 1. The van der Waals surface area contributed by atoms with Crippen LogP contribution in [0, 0.1) is 0 Å². The van der Waals surface area contributed by atoms with Gasteiger partial charge in [0.25, 0.3) is 0 Å². The molecular weight excluding hydrogens is 352 g/mol. The molecule has 0 spiro atoms. The van der Waals surface area contributed by atoms with Crippen molar-refractivity contribution >= 4 is 0 Å². The van der Waals surface area contributed by atoms with Gasteiger partial charge >= 0.3 is 0 Å². The summed E-state index contributed by atoms with van der Waals surface area (Å²) in [7, 11) is 1.70. The van der Waals surface area contributed by atoms with E-state index in [2.05, 4.69) is 44.6 Å². The summed E-state index contributed by atoms with van der Waals surface area (Å²) in [4.78, 5) is 2.38. The van der Waals surface area contributed by atoms with Gasteiger partial charge in [-0.3, -0.25) is 4.90 Å². The second-order valence-corrected chi connectivity index (χ2v) is 7.14. The first kappa shape index (κ1) is 18.7. The molecule has 1 aliphatic rings. The van der Waals surface area contributed by atoms with E-state index in [-0.39, 0.29) is 6.10 Å². The Hall–Kier alpha value is -2.70. The van der Waals surface area contributed by atoms with Crippen LogP contribution in [-0.4, -0.2) is 46.7 Å². The van der Waals surface area contributed by atoms with Crippen LogP contribution >= 0.6 is 0 Å². The van der Waals surface area contributed by atoms with Crippen LogP contribution in [0.5, 0.6) is 5.75 Å². The molecular formula is C22H26N4O2. The summed E-state index contributed by atoms with van der Waals surface area (Å²) in [6, 6.07) is 18.4. The van der Waals surface area contributed by atoms with E-state index < -0.39 is 0 Å². The van der Waals surface area contributed by atoms with Crippen molar-refractivity contribution in [2.45, 2.75) is 32.0 Å². The van der Waals surface area contributed by atoms with Crippen LogP contribution in [0.4, 0.5) is 0 Å². The molecule has 1 aromatic heterocycles. The van der Waals surface area contributed by atoms with Gasteiger partial charge in [-0.25, -0.2) is 0 Å². The predicted octanol–water partition coefficient (Wildman–Crippen LogP) is 3.66. The Kier molecular flexibility index (Phi) is 5.99. The molecule has 3 aromatic rings. The standard InChI is InChI=1S/C22H26N4O2/c1-27-19-10-5-7-17(13-19)14-26(15-20-11-6-12-28-20)16-21-22(24-25-23-21)18-8-3-2-4-9-18/h2-5,7-10,13,20H,6,11-12,14-16H2,1H3,(H,23,24,25)/t20-/m0/s1. The number of aromatic nitrogens is 3. The number of rotatable bonds is 8. The van der Waals surface area contributed by atoms with Crippen molar-refractivity contribution in [1.29, 1.82) is 0 Å². The number of nitrogens with one attached hydrogen (secondary N) is 1. The Bertz CT molecular complexity index is 875. The van der Waals surface area contributed by atoms with Gasteiger partial charge in [0.15, 0.2) is 0 Å². The fourth-order valence-corrected chi connectivity index (χ4v) is 3.69. The van der Waals surface area contributed by atoms with Crippen molar-refractivity contribution in [2.24, 2.45) is 0 Å². The Morgan fingerprint density at radius 2 is 2.00 bits per heavy atom. The SMILES string of the molecule is COc1cccc(CN(Cc2n[nH]nc2-c2ccccc2)C[C@@H]2CCCO2)c1. The topological polar surface area (TPSA) is 63.3 Å². The number of nitrogens with zero attached hydrogens (tertiary/aromatic N) is 3. The third-order valence-corrected chi connectivity index (χ3v) is 5.07. The van der Waals surface area contributed by atoms with E-state index in [1.54, 1.807) is 7.11 Å². The molecule has 28 heavy (non-hydrogen) atoms. The molecule has 4 rings (SSSR count). The summed E-state index contributed by atoms with van der Waals surface area (Å²) in [6.07, 6.45) is 2.52. The molecule has 1 N–H and O–H groups in total. The van der Waals surface area contributed by atoms with E-state index in [4.69, 9.17) is 9.47 Å². The van der Waals surface area contributed by atoms with E-state index in [0.29, 0.717) is 6.54 Å². The number of ether oxygens (including phenoxy) is 2. The molecule has 0 unspecified atom stereocenters. The van der Waals surface area contributed by atoms with Crippen LogP contribution < -0.4 is 4.74 Å². The van der Waals surface area contributed by atoms with Gasteiger partial charge in [-0.2, -0.15) is 15.4 Å². The monoisotopic (exact) mass is 378 g/mol. The van der Waals surface area contributed by atoms with Crippen LogP contribution in [0.15, 0.2) is 54.6 Å². The van der Waals surface area contributed by atoms with E-state index in [0.717, 1.165) is 55.2 Å². The first-order chi connectivity index (χ1) is 13.8. The maximum atomic E-state index is 5.89. The molecule has 0 radical (unpaired) electrons. The fraction of sp³-hybridized carbons (Fsp3) is 0.364. The summed E-state index contributed by atoms with van der Waals surface area (Å²) < 4.78 is 11.3. The van der Waals surface area contributed by atoms with Crippen LogP contribution in [0.25, 0.3) is 11.3 Å². The molecule has 2 heterocycles. The van der Waals surface area contributed by atoms with Gasteiger partial charge in [-0.05, 0) is 30.5 Å². The third-order valence-electron chi connectivity index (χ3n) is 5.07. The molecule has 6 nitrogen and oxygen atoms in total. The van der Waals surface area contributed by atoms with Gasteiger partial charge in [-0.15, -0.1) is 0 Å². The Morgan fingerprint density at radius 3 is 2.79 bits per heavy atom. The molecule has 1 atom stereocenters. The highest BCUT2D eigenvalue weighted by Crippen LogP contribution is 2.23. The lowest BCUT2D eigenvalue weighted by atomic mass is 10.1. The zero-order valence-corrected chi connectivity index (χ0v) is 16.2. The smallest absolute Gasteiger partial charge is 0.119 e. The van der Waals surface area contributed by atoms with Gasteiger partial charge < -0.3 is 9.47 Å². The Labute approximate surface area is 165 Å². The first-order valence-electron chi connectivity index (χ1n) is 9.74. The molecule has 0 aliphatic carbocycles. The zero-order chi connectivity index (χ0) is 19.2. The molecule has 0 amide bonds. The minimum absolute atomic E-state index is 0.276. The lowest BCUT2D eigenvalue weighted by Crippen LogP contribution is -2.31. The minimum atomic E-state index is 0.276. The van der Waals surface area contributed by atoms with Crippen LogP contribution in [-0.2, 0) is 17.8 Å². The summed E-state index contributed by atoms with van der Waals surface area (Å²) >= 11 is 0. The third kappa shape index (κ3) is 4.58. The second-order valence-electron chi connectivity index (χ2n) is 7.14. The van der Waals surface area contributed by atoms with Crippen molar-refractivity contribution in [2.75, 3.05) is 20.3 Å². The molecule has 0 saturated carbocycles. The lowest BCUT2D eigenvalue weighted by Gasteiger charge is -2.25. The zero-order valence-electron chi connectivity index (χ0n) is 16.2. The largest absolute Gasteiger partial charge is 0.497 e. The van der Waals surface area contributed by atoms with Crippen LogP contribution in [0.1, 0.15) is 24.1 Å². The van der Waals surface area contributed by atoms with Crippen molar-refractivity contribution in [3.63, 3.8) is 0 Å². The van der Waals surface area contributed by atoms with E-state index in [1.165, 1.54) is 5.56 Å². The highest BCUT2D eigenvalue weighted by Gasteiger charge is 2.22. The second kappa shape index (κ2) is 8.99. The number of H-pyrrole nitrogens is 1. The first-order valence-corrected chi connectivity index (χ1v) is 9.74. The average molecular weight is 378 g/mol. The van der Waals surface area contributed by atoms with Crippen molar-refractivity contribution in [3.8, 4) is 17.0 Å². The number of benzene rings is 2. The quantitative estimate of drug-likeness (QED) is 0.648. The normalized spacial score (nSPS) is 16.6. The van der Waals surface area contributed by atoms with Gasteiger partial charge in [-0.1, -0.05) is 42.5 Å². The highest BCUT2D eigenvalue weighted by atomic mass is 16.5. The number of hydrogen-bond acceptors (Lipinski definition) is 5. The van der Waals surface area contributed by atoms with Gasteiger partial charge in [0, 0.05) is 31.8 Å². The molecule has 0 bridgehead atoms. The summed E-state index contributed by atoms with van der Waals surface area (Å²) in [6.45, 7) is 3.24. The average Bonchev–Trinajstić information content (AvgIpc) is 3.41. The van der Waals surface area contributed by atoms with Crippen molar-refractivity contribution < 1.29 is 9.47 Å². The minimum Gasteiger partial charge on any atom is -0.497 e. The summed E-state index contributed by atoms with van der Waals surface area (Å²) in [5.74, 6) is 0.876. The van der Waals surface area contributed by atoms with Crippen molar-refractivity contribution in [3.05, 3.63) is 65.9 Å². The van der Waals surface area contributed by atoms with Gasteiger partial charge in [0.05, 0.1) is 13.2 Å². The fourth-order valence-electron chi connectivity index (χ4n) is 3.69. The lowest BCUT2D eigenvalue weighted by molar-refractivity contribution is 0.0675. The predicted molar refractivity (Wildman–Crippen MR) is 108 cm³/mol. The maximum absolute atomic E-state index is 5.89. The van der Waals surface area contributed by atoms with E-state index in [1.807, 2.05) is 30.3 Å². The summed E-state index contributed by atoms with van der Waals surface area (Å²) in [5.41, 5.74) is 4.14.